The summed E-state index contributed by atoms with van der Waals surface area (Å²) in [5.41, 5.74) is 0. The van der Waals surface area contributed by atoms with Gasteiger partial charge < -0.3 is 14.2 Å². The summed E-state index contributed by atoms with van der Waals surface area (Å²) < 4.78 is 17.0. The molecule has 1 unspecified atom stereocenters. The molecule has 0 saturated heterocycles. The summed E-state index contributed by atoms with van der Waals surface area (Å²) >= 11 is 0. The highest BCUT2D eigenvalue weighted by atomic mass is 16.6. The van der Waals surface area contributed by atoms with Crippen molar-refractivity contribution in [3.63, 3.8) is 0 Å². The first-order valence-corrected chi connectivity index (χ1v) is 33.6. The van der Waals surface area contributed by atoms with E-state index in [1.165, 1.54) is 193 Å². The zero-order valence-electron chi connectivity index (χ0n) is 51.7. The second kappa shape index (κ2) is 66.1. The minimum Gasteiger partial charge on any atom is -0.462 e. The lowest BCUT2D eigenvalue weighted by molar-refractivity contribution is -0.167. The van der Waals surface area contributed by atoms with Crippen molar-refractivity contribution < 1.29 is 28.6 Å². The van der Waals surface area contributed by atoms with E-state index in [1.54, 1.807) is 0 Å². The Balaban J connectivity index is 4.34. The summed E-state index contributed by atoms with van der Waals surface area (Å²) in [5.74, 6) is -0.883. The number of carbonyl (C=O) groups excluding carboxylic acids is 3. The van der Waals surface area contributed by atoms with Crippen LogP contribution < -0.4 is 0 Å². The number of hydrogen-bond donors (Lipinski definition) is 0. The highest BCUT2D eigenvalue weighted by Crippen LogP contribution is 2.16. The molecule has 0 N–H and O–H groups in total. The van der Waals surface area contributed by atoms with Gasteiger partial charge in [-0.25, -0.2) is 0 Å². The Morgan fingerprint density at radius 1 is 0.269 bits per heavy atom. The van der Waals surface area contributed by atoms with E-state index in [-0.39, 0.29) is 31.1 Å². The van der Waals surface area contributed by atoms with Gasteiger partial charge in [-0.3, -0.25) is 14.4 Å². The van der Waals surface area contributed by atoms with Crippen LogP contribution in [0.4, 0.5) is 0 Å². The summed E-state index contributed by atoms with van der Waals surface area (Å²) in [6, 6.07) is 0. The average Bonchev–Trinajstić information content (AvgIpc) is 3.44. The average molecular weight is 1090 g/mol. The van der Waals surface area contributed by atoms with Crippen LogP contribution in [0.3, 0.4) is 0 Å². The molecule has 78 heavy (non-hydrogen) atoms. The topological polar surface area (TPSA) is 78.9 Å². The van der Waals surface area contributed by atoms with Crippen LogP contribution in [0.25, 0.3) is 0 Å². The van der Waals surface area contributed by atoms with Crippen LogP contribution in [0.2, 0.25) is 0 Å². The molecule has 0 aromatic rings. The Bertz CT molecular complexity index is 1480. The SMILES string of the molecule is CC/C=C\C/C=C\C/C=C\C/C=C\C/C=C\CCCCCCCCCCCC(=O)OCC(COC(=O)CCCCCCC/C=C\CCCCCCC)OC(=O)CCCCCCCCCCC/C=C\CCCCCCCCCC. The van der Waals surface area contributed by atoms with Crippen molar-refractivity contribution in [1.82, 2.24) is 0 Å². The fraction of sp³-hybridized carbons (Fsp3) is 0.764. The molecule has 0 heterocycles. The maximum Gasteiger partial charge on any atom is 0.306 e. The Hall–Kier alpha value is -3.41. The monoisotopic (exact) mass is 1090 g/mol. The third kappa shape index (κ3) is 63.4. The fourth-order valence-electron chi connectivity index (χ4n) is 9.58. The molecule has 450 valence electrons. The van der Waals surface area contributed by atoms with Crippen molar-refractivity contribution >= 4 is 17.9 Å². The highest BCUT2D eigenvalue weighted by Gasteiger charge is 2.19. The van der Waals surface area contributed by atoms with Crippen molar-refractivity contribution in [3.8, 4) is 0 Å². The second-order valence-corrected chi connectivity index (χ2v) is 22.3. The van der Waals surface area contributed by atoms with Gasteiger partial charge in [0.05, 0.1) is 0 Å². The third-order valence-electron chi connectivity index (χ3n) is 14.6. The zero-order valence-corrected chi connectivity index (χ0v) is 51.7. The number of ether oxygens (including phenoxy) is 3. The van der Waals surface area contributed by atoms with Crippen LogP contribution >= 0.6 is 0 Å². The van der Waals surface area contributed by atoms with Gasteiger partial charge >= 0.3 is 17.9 Å². The molecule has 0 rings (SSSR count). The lowest BCUT2D eigenvalue weighted by atomic mass is 10.1. The van der Waals surface area contributed by atoms with E-state index in [9.17, 15) is 14.4 Å². The van der Waals surface area contributed by atoms with Crippen LogP contribution in [-0.4, -0.2) is 37.2 Å². The lowest BCUT2D eigenvalue weighted by Gasteiger charge is -2.18. The smallest absolute Gasteiger partial charge is 0.306 e. The molecular weight excluding hydrogens is 961 g/mol. The largest absolute Gasteiger partial charge is 0.462 e. The number of rotatable bonds is 61. The van der Waals surface area contributed by atoms with Crippen molar-refractivity contribution in [1.29, 1.82) is 0 Å². The first-order chi connectivity index (χ1) is 38.5. The van der Waals surface area contributed by atoms with E-state index in [0.717, 1.165) is 103 Å². The summed E-state index contributed by atoms with van der Waals surface area (Å²) in [4.78, 5) is 38.4. The summed E-state index contributed by atoms with van der Waals surface area (Å²) in [6.07, 6.45) is 87.3. The standard InChI is InChI=1S/C72H126O6/c1-4-7-10-13-16-19-22-25-28-30-32-34-35-36-37-39-40-42-44-47-50-53-56-59-62-65-71(74)77-68-69(67-76-70(73)64-61-58-55-52-49-46-27-24-21-18-15-12-9-6-3)78-72(75)66-63-60-57-54-51-48-45-43-41-38-33-31-29-26-23-20-17-14-11-8-5-2/h7,10,16,19,24-25,27-28,31-34,36-37,69H,4-6,8-9,11-15,17-18,20-23,26,29-30,35,38-68H2,1-3H3/b10-7-,19-16-,27-24-,28-25-,33-31-,34-32-,37-36-. The van der Waals surface area contributed by atoms with Gasteiger partial charge in [0.1, 0.15) is 13.2 Å². The van der Waals surface area contributed by atoms with E-state index in [0.29, 0.717) is 19.3 Å². The van der Waals surface area contributed by atoms with E-state index in [4.69, 9.17) is 14.2 Å². The Kier molecular flexibility index (Phi) is 63.2. The van der Waals surface area contributed by atoms with Crippen molar-refractivity contribution in [2.24, 2.45) is 0 Å². The third-order valence-corrected chi connectivity index (χ3v) is 14.6. The quantitative estimate of drug-likeness (QED) is 0.0261. The van der Waals surface area contributed by atoms with E-state index < -0.39 is 6.10 Å². The van der Waals surface area contributed by atoms with Gasteiger partial charge in [0.25, 0.3) is 0 Å². The molecule has 0 fully saturated rings. The molecule has 6 heteroatoms. The molecule has 0 aliphatic rings. The molecule has 1 atom stereocenters. The Morgan fingerprint density at radius 2 is 0.500 bits per heavy atom. The van der Waals surface area contributed by atoms with Crippen LogP contribution in [0.15, 0.2) is 85.1 Å². The Labute approximate surface area is 484 Å². The van der Waals surface area contributed by atoms with Crippen LogP contribution in [0.1, 0.15) is 335 Å². The summed E-state index contributed by atoms with van der Waals surface area (Å²) in [7, 11) is 0. The molecular formula is C72H126O6. The van der Waals surface area contributed by atoms with Crippen molar-refractivity contribution in [2.75, 3.05) is 13.2 Å². The molecule has 0 spiro atoms. The van der Waals surface area contributed by atoms with E-state index in [1.807, 2.05) is 0 Å². The number of carbonyl (C=O) groups is 3. The molecule has 0 saturated carbocycles. The van der Waals surface area contributed by atoms with Crippen molar-refractivity contribution in [2.45, 2.75) is 341 Å². The summed E-state index contributed by atoms with van der Waals surface area (Å²) in [6.45, 7) is 6.54. The van der Waals surface area contributed by atoms with Crippen molar-refractivity contribution in [3.05, 3.63) is 85.1 Å². The number of allylic oxidation sites excluding steroid dienone is 14. The zero-order chi connectivity index (χ0) is 56.4. The molecule has 0 bridgehead atoms. The first kappa shape index (κ1) is 74.6. The van der Waals surface area contributed by atoms with Gasteiger partial charge in [-0.1, -0.05) is 286 Å². The predicted octanol–water partition coefficient (Wildman–Crippen LogP) is 23.1. The minimum absolute atomic E-state index is 0.0815. The predicted molar refractivity (Wildman–Crippen MR) is 339 cm³/mol. The molecule has 0 aromatic heterocycles. The highest BCUT2D eigenvalue weighted by molar-refractivity contribution is 5.71. The maximum atomic E-state index is 12.9. The summed E-state index contributed by atoms with van der Waals surface area (Å²) in [5, 5.41) is 0. The number of unbranched alkanes of at least 4 members (excludes halogenated alkanes) is 36. The molecule has 0 amide bonds. The van der Waals surface area contributed by atoms with Gasteiger partial charge in [0, 0.05) is 19.3 Å². The normalized spacial score (nSPS) is 12.6. The molecule has 0 aliphatic carbocycles. The Morgan fingerprint density at radius 3 is 0.795 bits per heavy atom. The minimum atomic E-state index is -0.785. The number of esters is 3. The van der Waals surface area contributed by atoms with Gasteiger partial charge in [-0.2, -0.15) is 0 Å². The number of hydrogen-bond acceptors (Lipinski definition) is 6. The molecule has 0 aliphatic heterocycles. The van der Waals surface area contributed by atoms with Crippen LogP contribution in [0.5, 0.6) is 0 Å². The molecule has 0 aromatic carbocycles. The van der Waals surface area contributed by atoms with Gasteiger partial charge in [-0.15, -0.1) is 0 Å². The fourth-order valence-corrected chi connectivity index (χ4v) is 9.58. The molecule has 6 nitrogen and oxygen atoms in total. The van der Waals surface area contributed by atoms with Gasteiger partial charge in [0.15, 0.2) is 6.10 Å². The lowest BCUT2D eigenvalue weighted by Crippen LogP contribution is -2.30. The van der Waals surface area contributed by atoms with Crippen LogP contribution in [0, 0.1) is 0 Å². The van der Waals surface area contributed by atoms with Crippen LogP contribution in [-0.2, 0) is 28.6 Å². The second-order valence-electron chi connectivity index (χ2n) is 22.3. The first-order valence-electron chi connectivity index (χ1n) is 33.6. The van der Waals surface area contributed by atoms with Gasteiger partial charge in [-0.05, 0) is 116 Å². The van der Waals surface area contributed by atoms with E-state index in [2.05, 4.69) is 106 Å². The van der Waals surface area contributed by atoms with Gasteiger partial charge in [0.2, 0.25) is 0 Å². The molecule has 0 radical (unpaired) electrons. The van der Waals surface area contributed by atoms with E-state index >= 15 is 0 Å². The maximum absolute atomic E-state index is 12.9.